The van der Waals surface area contributed by atoms with Gasteiger partial charge in [0.05, 0.1) is 16.8 Å². The van der Waals surface area contributed by atoms with E-state index in [9.17, 15) is 23.2 Å². The number of urea groups is 1. The van der Waals surface area contributed by atoms with Crippen LogP contribution in [0.25, 0.3) is 0 Å². The number of hydrogen-bond donors (Lipinski definition) is 1. The van der Waals surface area contributed by atoms with Crippen LogP contribution in [0, 0.1) is 11.3 Å². The van der Waals surface area contributed by atoms with E-state index in [4.69, 9.17) is 0 Å². The minimum absolute atomic E-state index is 0.0298. The van der Waals surface area contributed by atoms with Crippen molar-refractivity contribution >= 4 is 11.7 Å². The van der Waals surface area contributed by atoms with Gasteiger partial charge in [-0.1, -0.05) is 0 Å². The van der Waals surface area contributed by atoms with Crippen molar-refractivity contribution in [2.24, 2.45) is 0 Å². The molecule has 2 aliphatic rings. The molecule has 3 rings (SSSR count). The average molecular weight is 338 g/mol. The molecule has 1 aromatic rings. The van der Waals surface area contributed by atoms with E-state index < -0.39 is 11.7 Å². The Morgan fingerprint density at radius 3 is 2.46 bits per heavy atom. The highest BCUT2D eigenvalue weighted by Gasteiger charge is 2.33. The van der Waals surface area contributed by atoms with Gasteiger partial charge in [-0.15, -0.1) is 0 Å². The molecular formula is C16H17F3N4O. The van der Waals surface area contributed by atoms with Crippen LogP contribution in [0.4, 0.5) is 23.7 Å². The number of alkyl halides is 3. The largest absolute Gasteiger partial charge is 0.416 e. The summed E-state index contributed by atoms with van der Waals surface area (Å²) < 4.78 is 38.3. The standard InChI is InChI=1S/C16H17F3N4O/c17-16(18,19)12-1-2-14(11(9-12)10-20)22-6-3-13(4-7-22)23-8-5-21-15(23)24/h1-2,9,13H,3-8H2,(H,21,24). The van der Waals surface area contributed by atoms with Gasteiger partial charge in [0.15, 0.2) is 0 Å². The molecule has 2 amide bonds. The molecule has 0 unspecified atom stereocenters. The predicted molar refractivity (Wildman–Crippen MR) is 81.5 cm³/mol. The van der Waals surface area contributed by atoms with Gasteiger partial charge in [-0.25, -0.2) is 4.79 Å². The Morgan fingerprint density at radius 1 is 1.21 bits per heavy atom. The molecule has 0 saturated carbocycles. The summed E-state index contributed by atoms with van der Waals surface area (Å²) in [5.41, 5.74) is -0.261. The first-order chi connectivity index (χ1) is 11.4. The maximum absolute atomic E-state index is 12.8. The monoisotopic (exact) mass is 338 g/mol. The lowest BCUT2D eigenvalue weighted by molar-refractivity contribution is -0.137. The zero-order valence-corrected chi connectivity index (χ0v) is 12.9. The number of piperidine rings is 1. The predicted octanol–water partition coefficient (Wildman–Crippen LogP) is 2.57. The van der Waals surface area contributed by atoms with Gasteiger partial charge in [-0.05, 0) is 31.0 Å². The lowest BCUT2D eigenvalue weighted by atomic mass is 10.0. The van der Waals surface area contributed by atoms with Gasteiger partial charge in [0.1, 0.15) is 6.07 Å². The Bertz CT molecular complexity index is 675. The summed E-state index contributed by atoms with van der Waals surface area (Å²) in [6, 6.07) is 5.22. The van der Waals surface area contributed by atoms with Crippen LogP contribution in [0.5, 0.6) is 0 Å². The van der Waals surface area contributed by atoms with Crippen molar-refractivity contribution in [2.75, 3.05) is 31.1 Å². The number of benzene rings is 1. The third-order valence-electron chi connectivity index (χ3n) is 4.58. The lowest BCUT2D eigenvalue weighted by Crippen LogP contribution is -2.46. The molecule has 2 aliphatic heterocycles. The summed E-state index contributed by atoms with van der Waals surface area (Å²) in [6.07, 6.45) is -2.99. The van der Waals surface area contributed by atoms with E-state index in [0.29, 0.717) is 31.9 Å². The number of anilines is 1. The van der Waals surface area contributed by atoms with Crippen LogP contribution in [0.2, 0.25) is 0 Å². The fourth-order valence-corrected chi connectivity index (χ4v) is 3.33. The Kier molecular flexibility index (Phi) is 4.26. The molecule has 0 radical (unpaired) electrons. The second kappa shape index (κ2) is 6.23. The van der Waals surface area contributed by atoms with Crippen LogP contribution in [0.1, 0.15) is 24.0 Å². The van der Waals surface area contributed by atoms with E-state index in [0.717, 1.165) is 25.0 Å². The summed E-state index contributed by atoms with van der Waals surface area (Å²) in [6.45, 7) is 2.55. The van der Waals surface area contributed by atoms with E-state index in [1.807, 2.05) is 15.9 Å². The van der Waals surface area contributed by atoms with Crippen LogP contribution < -0.4 is 10.2 Å². The lowest BCUT2D eigenvalue weighted by Gasteiger charge is -2.37. The highest BCUT2D eigenvalue weighted by Crippen LogP contribution is 2.33. The third-order valence-corrected chi connectivity index (χ3v) is 4.58. The van der Waals surface area contributed by atoms with Crippen molar-refractivity contribution < 1.29 is 18.0 Å². The maximum Gasteiger partial charge on any atom is 0.416 e. The molecule has 128 valence electrons. The Hall–Kier alpha value is -2.43. The van der Waals surface area contributed by atoms with Crippen LogP contribution in [0.15, 0.2) is 18.2 Å². The van der Waals surface area contributed by atoms with E-state index in [1.165, 1.54) is 6.07 Å². The van der Waals surface area contributed by atoms with Crippen LogP contribution in [-0.4, -0.2) is 43.2 Å². The van der Waals surface area contributed by atoms with Crippen molar-refractivity contribution in [1.29, 1.82) is 5.26 Å². The quantitative estimate of drug-likeness (QED) is 0.902. The van der Waals surface area contributed by atoms with Crippen molar-refractivity contribution in [2.45, 2.75) is 25.1 Å². The second-order valence-electron chi connectivity index (χ2n) is 5.99. The molecule has 5 nitrogen and oxygen atoms in total. The fraction of sp³-hybridized carbons (Fsp3) is 0.500. The van der Waals surface area contributed by atoms with Gasteiger partial charge >= 0.3 is 12.2 Å². The summed E-state index contributed by atoms with van der Waals surface area (Å²) >= 11 is 0. The van der Waals surface area contributed by atoms with Gasteiger partial charge in [0.2, 0.25) is 0 Å². The molecule has 1 aromatic carbocycles. The number of nitriles is 1. The fourth-order valence-electron chi connectivity index (χ4n) is 3.33. The number of rotatable bonds is 2. The van der Waals surface area contributed by atoms with Crippen molar-refractivity contribution in [3.05, 3.63) is 29.3 Å². The maximum atomic E-state index is 12.8. The van der Waals surface area contributed by atoms with E-state index in [1.54, 1.807) is 0 Å². The molecule has 2 fully saturated rings. The van der Waals surface area contributed by atoms with Gasteiger partial charge < -0.3 is 15.1 Å². The Labute approximate surface area is 137 Å². The summed E-state index contributed by atoms with van der Waals surface area (Å²) in [5.74, 6) is 0. The molecule has 0 atom stereocenters. The highest BCUT2D eigenvalue weighted by atomic mass is 19.4. The van der Waals surface area contributed by atoms with Crippen molar-refractivity contribution in [1.82, 2.24) is 10.2 Å². The highest BCUT2D eigenvalue weighted by molar-refractivity contribution is 5.76. The molecule has 1 N–H and O–H groups in total. The first-order valence-electron chi connectivity index (χ1n) is 7.81. The number of nitrogens with zero attached hydrogens (tertiary/aromatic N) is 3. The van der Waals surface area contributed by atoms with E-state index in [-0.39, 0.29) is 17.6 Å². The molecule has 0 spiro atoms. The molecular weight excluding hydrogens is 321 g/mol. The number of carbonyl (C=O) groups excluding carboxylic acids is 1. The number of carbonyl (C=O) groups is 1. The Morgan fingerprint density at radius 2 is 1.92 bits per heavy atom. The van der Waals surface area contributed by atoms with E-state index in [2.05, 4.69) is 5.32 Å². The normalized spacial score (nSPS) is 19.3. The van der Waals surface area contributed by atoms with Crippen molar-refractivity contribution in [3.63, 3.8) is 0 Å². The van der Waals surface area contributed by atoms with Gasteiger partial charge in [-0.3, -0.25) is 0 Å². The first-order valence-corrected chi connectivity index (χ1v) is 7.81. The van der Waals surface area contributed by atoms with Gasteiger partial charge in [0.25, 0.3) is 0 Å². The summed E-state index contributed by atoms with van der Waals surface area (Å²) in [7, 11) is 0. The molecule has 2 saturated heterocycles. The topological polar surface area (TPSA) is 59.4 Å². The van der Waals surface area contributed by atoms with E-state index >= 15 is 0 Å². The molecule has 24 heavy (non-hydrogen) atoms. The average Bonchev–Trinajstić information content (AvgIpc) is 2.99. The molecule has 0 aliphatic carbocycles. The van der Waals surface area contributed by atoms with Gasteiger partial charge in [-0.2, -0.15) is 18.4 Å². The minimum atomic E-state index is -4.46. The molecule has 2 heterocycles. The first kappa shape index (κ1) is 16.4. The number of hydrogen-bond acceptors (Lipinski definition) is 3. The summed E-state index contributed by atoms with van der Waals surface area (Å²) in [4.78, 5) is 15.4. The zero-order valence-electron chi connectivity index (χ0n) is 12.9. The molecule has 0 bridgehead atoms. The summed E-state index contributed by atoms with van der Waals surface area (Å²) in [5, 5.41) is 12.0. The molecule has 8 heteroatoms. The SMILES string of the molecule is N#Cc1cc(C(F)(F)F)ccc1N1CCC(N2CCNC2=O)CC1. The number of halogens is 3. The minimum Gasteiger partial charge on any atom is -0.370 e. The van der Waals surface area contributed by atoms with Crippen molar-refractivity contribution in [3.8, 4) is 6.07 Å². The molecule has 0 aromatic heterocycles. The van der Waals surface area contributed by atoms with Crippen LogP contribution in [0.3, 0.4) is 0 Å². The number of amides is 2. The van der Waals surface area contributed by atoms with Crippen LogP contribution >= 0.6 is 0 Å². The van der Waals surface area contributed by atoms with Gasteiger partial charge in [0, 0.05) is 32.2 Å². The zero-order chi connectivity index (χ0) is 17.3. The Balaban J connectivity index is 1.72. The van der Waals surface area contributed by atoms with Crippen LogP contribution in [-0.2, 0) is 6.18 Å². The second-order valence-corrected chi connectivity index (χ2v) is 5.99. The number of nitrogens with one attached hydrogen (secondary N) is 1. The third kappa shape index (κ3) is 3.11. The smallest absolute Gasteiger partial charge is 0.370 e.